The average molecular weight is 1060 g/mol. The van der Waals surface area contributed by atoms with Crippen LogP contribution in [0.25, 0.3) is 33.6 Å². The number of aryl methyl sites for hydroxylation is 2. The molecule has 2 saturated heterocycles. The van der Waals surface area contributed by atoms with Gasteiger partial charge in [-0.1, -0.05) is 87.2 Å². The molecule has 3 aromatic carbocycles. The Bertz CT molecular complexity index is 2820. The van der Waals surface area contributed by atoms with Gasteiger partial charge in [0.15, 0.2) is 0 Å². The van der Waals surface area contributed by atoms with Crippen LogP contribution in [0.3, 0.4) is 0 Å². The molecule has 4 bridgehead atoms. The largest absolute Gasteiger partial charge is 0.453 e. The minimum atomic E-state index is -0.680. The Balaban J connectivity index is 0.955. The number of ether oxygens (including phenoxy) is 2. The second kappa shape index (κ2) is 23.7. The molecule has 4 N–H and O–H groups in total. The lowest BCUT2D eigenvalue weighted by atomic mass is 9.84. The Hall–Kier alpha value is -5.74. The van der Waals surface area contributed by atoms with E-state index in [2.05, 4.69) is 93.1 Å². The fourth-order valence-electron chi connectivity index (χ4n) is 13.2. The van der Waals surface area contributed by atoms with E-state index in [-0.39, 0.29) is 41.9 Å². The predicted octanol–water partition coefficient (Wildman–Crippen LogP) is 11.2. The third-order valence-electron chi connectivity index (χ3n) is 17.2. The summed E-state index contributed by atoms with van der Waals surface area (Å²) in [7, 11) is 2.68. The van der Waals surface area contributed by atoms with Gasteiger partial charge < -0.3 is 39.9 Å². The summed E-state index contributed by atoms with van der Waals surface area (Å²) in [6.45, 7) is 2.31. The van der Waals surface area contributed by atoms with Gasteiger partial charge >= 0.3 is 12.2 Å². The Morgan fingerprint density at radius 1 is 0.653 bits per heavy atom. The number of H-pyrrole nitrogens is 2. The van der Waals surface area contributed by atoms with Crippen molar-refractivity contribution < 1.29 is 28.7 Å². The van der Waals surface area contributed by atoms with Crippen molar-refractivity contribution in [1.29, 1.82) is 0 Å². The first-order valence-electron chi connectivity index (χ1n) is 27.3. The van der Waals surface area contributed by atoms with Crippen LogP contribution in [0.5, 0.6) is 0 Å². The summed E-state index contributed by atoms with van der Waals surface area (Å²) in [6, 6.07) is 21.1. The number of aromatic nitrogens is 4. The van der Waals surface area contributed by atoms with E-state index in [9.17, 15) is 19.2 Å². The number of hydrogen-bond acceptors (Lipinski definition) is 10. The molecule has 398 valence electrons. The van der Waals surface area contributed by atoms with Gasteiger partial charge in [0.1, 0.15) is 23.7 Å². The summed E-state index contributed by atoms with van der Waals surface area (Å²) in [5, 5.41) is 5.73. The van der Waals surface area contributed by atoms with Crippen molar-refractivity contribution in [3.63, 3.8) is 0 Å². The van der Waals surface area contributed by atoms with E-state index in [0.717, 1.165) is 135 Å². The standard InChI is InChI=1S/C59H74N8O6S2/c1-35-28-43-30-44(38-20-22-39(23-21-38)48-33-60-54(62-48)52-31-41-10-6-8-12-50(41)66(52)56(68)46(24-26-74-4)64-58(70)72-2)40(19-16-36-14-17-37(35)18-15-36)29-45(43)49-34-61-55(63-49)53-32-42-11-7-9-13-51(42)67(53)57(69)47(25-27-75-5)65-59(71)73-3/h14-15,17-18,20-23,29-30,33-35,41-42,46-47,50-53H,6-13,16,19,24-28,31-32H2,1-5H3,(H,60,62)(H,61,63)(H,64,70)(H,65,71)/t35-,41?,42?,46+,47+,50?,51?,52+,53+/m1/s1. The van der Waals surface area contributed by atoms with Gasteiger partial charge in [-0.2, -0.15) is 23.5 Å². The van der Waals surface area contributed by atoms with Crippen molar-refractivity contribution in [2.24, 2.45) is 11.8 Å². The van der Waals surface area contributed by atoms with Gasteiger partial charge in [0, 0.05) is 17.6 Å². The maximum atomic E-state index is 14.7. The molecular formula is C59H74N8O6S2. The van der Waals surface area contributed by atoms with Gasteiger partial charge in [0.2, 0.25) is 11.8 Å². The molecule has 13 rings (SSSR count). The highest BCUT2D eigenvalue weighted by atomic mass is 32.2. The molecule has 2 aliphatic heterocycles. The highest BCUT2D eigenvalue weighted by Gasteiger charge is 2.49. The predicted molar refractivity (Wildman–Crippen MR) is 298 cm³/mol. The molecule has 5 aromatic rings. The lowest BCUT2D eigenvalue weighted by Crippen LogP contribution is -2.52. The van der Waals surface area contributed by atoms with Crippen LogP contribution in [-0.4, -0.2) is 116 Å². The number of alkyl carbamates (subject to hydrolysis) is 2. The molecule has 14 nitrogen and oxygen atoms in total. The first kappa shape index (κ1) is 52.7. The van der Waals surface area contributed by atoms with Crippen molar-refractivity contribution in [2.75, 3.05) is 38.2 Å². The molecule has 16 heteroatoms. The first-order chi connectivity index (χ1) is 36.5. The zero-order chi connectivity index (χ0) is 52.2. The number of nitrogens with zero attached hydrogens (tertiary/aromatic N) is 4. The summed E-state index contributed by atoms with van der Waals surface area (Å²) in [5.41, 5.74) is 11.4. The molecular weight excluding hydrogens is 981 g/mol. The monoisotopic (exact) mass is 1050 g/mol. The van der Waals surface area contributed by atoms with Gasteiger partial charge in [-0.15, -0.1) is 0 Å². The zero-order valence-electron chi connectivity index (χ0n) is 44.2. The second-order valence-electron chi connectivity index (χ2n) is 21.6. The maximum Gasteiger partial charge on any atom is 0.407 e. The number of benzene rings is 3. The number of carbonyl (C=O) groups excluding carboxylic acids is 4. The molecule has 2 saturated carbocycles. The Kier molecular flexibility index (Phi) is 16.6. The smallest absolute Gasteiger partial charge is 0.407 e. The number of methoxy groups -OCH3 is 2. The molecule has 9 atom stereocenters. The number of fused-ring (bicyclic) bond motifs is 2. The van der Waals surface area contributed by atoms with E-state index in [1.807, 2.05) is 29.8 Å². The number of thioether (sulfide) groups is 2. The number of rotatable bonds is 15. The lowest BCUT2D eigenvalue weighted by Gasteiger charge is -2.36. The van der Waals surface area contributed by atoms with Gasteiger partial charge in [0.25, 0.3) is 0 Å². The summed E-state index contributed by atoms with van der Waals surface area (Å²) in [4.78, 5) is 75.9. The van der Waals surface area contributed by atoms with E-state index < -0.39 is 24.3 Å². The first-order valence-corrected chi connectivity index (χ1v) is 30.1. The summed E-state index contributed by atoms with van der Waals surface area (Å²) in [6.07, 6.45) is 20.5. The average Bonchev–Trinajstić information content (AvgIpc) is 4.28. The number of hydrogen-bond donors (Lipinski definition) is 4. The Labute approximate surface area is 450 Å². The van der Waals surface area contributed by atoms with Crippen LogP contribution in [0.1, 0.15) is 136 Å². The number of carbonyl (C=O) groups is 4. The quantitative estimate of drug-likeness (QED) is 0.0790. The van der Waals surface area contributed by atoms with Crippen molar-refractivity contribution in [3.05, 3.63) is 107 Å². The van der Waals surface area contributed by atoms with Gasteiger partial charge in [-0.25, -0.2) is 19.6 Å². The van der Waals surface area contributed by atoms with Crippen molar-refractivity contribution >= 4 is 47.5 Å². The minimum Gasteiger partial charge on any atom is -0.453 e. The third-order valence-corrected chi connectivity index (χ3v) is 18.5. The maximum absolute atomic E-state index is 14.7. The van der Waals surface area contributed by atoms with Crippen LogP contribution in [-0.2, 0) is 38.3 Å². The van der Waals surface area contributed by atoms with E-state index in [1.54, 1.807) is 23.5 Å². The van der Waals surface area contributed by atoms with E-state index in [4.69, 9.17) is 19.4 Å². The van der Waals surface area contributed by atoms with Crippen LogP contribution in [0.15, 0.2) is 73.1 Å². The highest BCUT2D eigenvalue weighted by Crippen LogP contribution is 2.48. The number of amides is 4. The second-order valence-corrected chi connectivity index (χ2v) is 23.6. The molecule has 75 heavy (non-hydrogen) atoms. The number of imidazole rings is 2. The van der Waals surface area contributed by atoms with E-state index in [0.29, 0.717) is 24.7 Å². The van der Waals surface area contributed by atoms with Gasteiger partial charge in [-0.3, -0.25) is 9.59 Å². The fraction of sp³-hybridized carbons (Fsp3) is 0.525. The van der Waals surface area contributed by atoms with E-state index >= 15 is 0 Å². The fourth-order valence-corrected chi connectivity index (χ4v) is 14.2. The number of aromatic amines is 2. The normalized spacial score (nSPS) is 23.9. The lowest BCUT2D eigenvalue weighted by molar-refractivity contribution is -0.138. The SMILES string of the molecule is COC(=O)N[C@@H](CCSC)C(=O)N1C2CCCCC2C[C@H]1c1ncc(-c2ccc(-c3cc4c(-c5cnc([C@@H]6CC7CCCCC7N6C(=O)[C@H](CCSC)NC(=O)OC)[nH]5)cc3CCc3ccc(cc3)[C@H](C)C4)cc2)[nH]1. The molecule has 2 aromatic heterocycles. The van der Waals surface area contributed by atoms with Crippen LogP contribution in [0.2, 0.25) is 0 Å². The molecule has 6 aliphatic carbocycles. The highest BCUT2D eigenvalue weighted by molar-refractivity contribution is 7.98. The molecule has 0 spiro atoms. The molecule has 4 unspecified atom stereocenters. The zero-order valence-corrected chi connectivity index (χ0v) is 45.8. The minimum absolute atomic E-state index is 0.0569. The van der Waals surface area contributed by atoms with Crippen LogP contribution < -0.4 is 10.6 Å². The van der Waals surface area contributed by atoms with Crippen molar-refractivity contribution in [1.82, 2.24) is 40.4 Å². The Morgan fingerprint density at radius 2 is 1.16 bits per heavy atom. The molecule has 4 amide bonds. The van der Waals surface area contributed by atoms with Crippen molar-refractivity contribution in [3.8, 4) is 33.6 Å². The van der Waals surface area contributed by atoms with E-state index in [1.165, 1.54) is 42.0 Å². The number of nitrogens with one attached hydrogen (secondary N) is 4. The van der Waals surface area contributed by atoms with Crippen LogP contribution in [0.4, 0.5) is 9.59 Å². The topological polar surface area (TPSA) is 175 Å². The summed E-state index contributed by atoms with van der Waals surface area (Å²) < 4.78 is 9.94. The Morgan fingerprint density at radius 3 is 1.71 bits per heavy atom. The number of likely N-dealkylation sites (tertiary alicyclic amines) is 2. The summed E-state index contributed by atoms with van der Waals surface area (Å²) in [5.74, 6) is 3.95. The molecule has 4 heterocycles. The molecule has 4 fully saturated rings. The molecule has 0 radical (unpaired) electrons. The van der Waals surface area contributed by atoms with Crippen molar-refractivity contribution in [2.45, 2.75) is 145 Å². The third kappa shape index (κ3) is 11.2. The summed E-state index contributed by atoms with van der Waals surface area (Å²) >= 11 is 3.32. The van der Waals surface area contributed by atoms with Gasteiger partial charge in [0.05, 0.1) is 50.1 Å². The van der Waals surface area contributed by atoms with Crippen LogP contribution >= 0.6 is 23.5 Å². The van der Waals surface area contributed by atoms with Gasteiger partial charge in [-0.05, 0) is 157 Å². The molecule has 8 aliphatic rings. The van der Waals surface area contributed by atoms with Crippen LogP contribution in [0, 0.1) is 11.8 Å².